The minimum atomic E-state index is -0.693. The molecule has 2 nitrogen and oxygen atoms in total. The molecule has 0 saturated heterocycles. The summed E-state index contributed by atoms with van der Waals surface area (Å²) in [4.78, 5) is 0. The average Bonchev–Trinajstić information content (AvgIpc) is 2.33. The molecule has 0 spiro atoms. The zero-order valence-corrected chi connectivity index (χ0v) is 12.2. The third-order valence-electron chi connectivity index (χ3n) is 4.24. The normalized spacial score (nSPS) is 20.9. The fourth-order valence-electron chi connectivity index (χ4n) is 2.72. The van der Waals surface area contributed by atoms with E-state index in [-0.39, 0.29) is 0 Å². The molecule has 0 heterocycles. The average molecular weight is 283 g/mol. The van der Waals surface area contributed by atoms with Crippen LogP contribution in [0.15, 0.2) is 18.2 Å². The first-order valence-corrected chi connectivity index (χ1v) is 7.16. The van der Waals surface area contributed by atoms with Crippen molar-refractivity contribution in [3.8, 4) is 0 Å². The van der Waals surface area contributed by atoms with Crippen LogP contribution in [0.2, 0.25) is 0 Å². The summed E-state index contributed by atoms with van der Waals surface area (Å²) in [7, 11) is 0. The predicted molar refractivity (Wildman–Crippen MR) is 75.3 cm³/mol. The highest BCUT2D eigenvalue weighted by atomic mass is 19.1. The first-order valence-electron chi connectivity index (χ1n) is 7.16. The Morgan fingerprint density at radius 3 is 2.15 bits per heavy atom. The van der Waals surface area contributed by atoms with Gasteiger partial charge in [-0.1, -0.05) is 13.8 Å². The Labute approximate surface area is 119 Å². The number of halogens is 2. The molecule has 0 bridgehead atoms. The van der Waals surface area contributed by atoms with Crippen LogP contribution in [-0.4, -0.2) is 17.3 Å². The van der Waals surface area contributed by atoms with Gasteiger partial charge in [0.05, 0.1) is 5.60 Å². The Kier molecular flexibility index (Phi) is 4.45. The van der Waals surface area contributed by atoms with Crippen LogP contribution in [-0.2, 0) is 6.54 Å². The number of hydrogen-bond donors (Lipinski definition) is 2. The van der Waals surface area contributed by atoms with Gasteiger partial charge in [-0.15, -0.1) is 0 Å². The standard InChI is InChI=1S/C16H23F2NO/c1-15(2)3-5-16(20,6-4-15)11-19-10-12-7-13(17)9-14(18)8-12/h7-9,19-20H,3-6,10-11H2,1-2H3. The van der Waals surface area contributed by atoms with Gasteiger partial charge in [-0.05, 0) is 48.8 Å². The van der Waals surface area contributed by atoms with Gasteiger partial charge in [0.1, 0.15) is 11.6 Å². The summed E-state index contributed by atoms with van der Waals surface area (Å²) in [5, 5.41) is 13.6. The first-order chi connectivity index (χ1) is 9.28. The molecule has 0 aliphatic heterocycles. The molecule has 1 aromatic carbocycles. The van der Waals surface area contributed by atoms with E-state index in [1.54, 1.807) is 0 Å². The maximum atomic E-state index is 13.1. The minimum Gasteiger partial charge on any atom is -0.389 e. The second-order valence-corrected chi connectivity index (χ2v) is 6.77. The largest absolute Gasteiger partial charge is 0.389 e. The SMILES string of the molecule is CC1(C)CCC(O)(CNCc2cc(F)cc(F)c2)CC1. The van der Waals surface area contributed by atoms with Crippen molar-refractivity contribution in [3.63, 3.8) is 0 Å². The molecule has 112 valence electrons. The molecule has 2 rings (SSSR count). The Bertz CT molecular complexity index is 443. The molecule has 4 heteroatoms. The van der Waals surface area contributed by atoms with Crippen LogP contribution in [0.3, 0.4) is 0 Å². The third-order valence-corrected chi connectivity index (χ3v) is 4.24. The van der Waals surface area contributed by atoms with E-state index in [2.05, 4.69) is 19.2 Å². The minimum absolute atomic E-state index is 0.303. The quantitative estimate of drug-likeness (QED) is 0.888. The lowest BCUT2D eigenvalue weighted by Crippen LogP contribution is -2.44. The lowest BCUT2D eigenvalue weighted by atomic mass is 9.71. The summed E-state index contributed by atoms with van der Waals surface area (Å²) in [6, 6.07) is 3.48. The predicted octanol–water partition coefficient (Wildman–Crippen LogP) is 3.39. The maximum absolute atomic E-state index is 13.1. The van der Waals surface area contributed by atoms with Gasteiger partial charge in [-0.3, -0.25) is 0 Å². The van der Waals surface area contributed by atoms with Gasteiger partial charge in [0.2, 0.25) is 0 Å². The molecule has 0 radical (unpaired) electrons. The molecule has 0 unspecified atom stereocenters. The van der Waals surface area contributed by atoms with E-state index in [1.165, 1.54) is 12.1 Å². The van der Waals surface area contributed by atoms with Crippen molar-refractivity contribution < 1.29 is 13.9 Å². The molecular formula is C16H23F2NO. The second-order valence-electron chi connectivity index (χ2n) is 6.77. The number of aliphatic hydroxyl groups is 1. The Morgan fingerprint density at radius 2 is 1.60 bits per heavy atom. The van der Waals surface area contributed by atoms with E-state index < -0.39 is 17.2 Å². The van der Waals surface area contributed by atoms with Crippen molar-refractivity contribution in [2.75, 3.05) is 6.54 Å². The third kappa shape index (κ3) is 4.25. The topological polar surface area (TPSA) is 32.3 Å². The zero-order chi connectivity index (χ0) is 14.8. The molecule has 1 fully saturated rings. The van der Waals surface area contributed by atoms with Crippen molar-refractivity contribution >= 4 is 0 Å². The van der Waals surface area contributed by atoms with E-state index >= 15 is 0 Å². The van der Waals surface area contributed by atoms with Crippen LogP contribution in [0.4, 0.5) is 8.78 Å². The van der Waals surface area contributed by atoms with Crippen LogP contribution in [0.25, 0.3) is 0 Å². The molecule has 2 N–H and O–H groups in total. The van der Waals surface area contributed by atoms with Gasteiger partial charge in [0.25, 0.3) is 0 Å². The molecule has 0 atom stereocenters. The van der Waals surface area contributed by atoms with Crippen LogP contribution in [0.5, 0.6) is 0 Å². The highest BCUT2D eigenvalue weighted by Gasteiger charge is 2.36. The maximum Gasteiger partial charge on any atom is 0.126 e. The van der Waals surface area contributed by atoms with Gasteiger partial charge in [-0.25, -0.2) is 8.78 Å². The smallest absolute Gasteiger partial charge is 0.126 e. The monoisotopic (exact) mass is 283 g/mol. The highest BCUT2D eigenvalue weighted by Crippen LogP contribution is 2.39. The van der Waals surface area contributed by atoms with Crippen LogP contribution in [0, 0.1) is 17.0 Å². The number of benzene rings is 1. The van der Waals surface area contributed by atoms with Crippen molar-refractivity contribution in [1.29, 1.82) is 0 Å². The van der Waals surface area contributed by atoms with Crippen molar-refractivity contribution in [1.82, 2.24) is 5.32 Å². The highest BCUT2D eigenvalue weighted by molar-refractivity contribution is 5.17. The van der Waals surface area contributed by atoms with Crippen molar-refractivity contribution in [2.24, 2.45) is 5.41 Å². The zero-order valence-electron chi connectivity index (χ0n) is 12.2. The molecule has 0 amide bonds. The lowest BCUT2D eigenvalue weighted by molar-refractivity contribution is -0.0245. The van der Waals surface area contributed by atoms with Crippen LogP contribution in [0.1, 0.15) is 45.1 Å². The summed E-state index contributed by atoms with van der Waals surface area (Å²) in [5.41, 5.74) is 0.168. The molecule has 1 saturated carbocycles. The van der Waals surface area contributed by atoms with Gasteiger partial charge >= 0.3 is 0 Å². The van der Waals surface area contributed by atoms with Gasteiger partial charge < -0.3 is 10.4 Å². The van der Waals surface area contributed by atoms with Crippen LogP contribution >= 0.6 is 0 Å². The second kappa shape index (κ2) is 5.78. The summed E-state index contributed by atoms with van der Waals surface area (Å²) >= 11 is 0. The summed E-state index contributed by atoms with van der Waals surface area (Å²) in [6.07, 6.45) is 3.54. The van der Waals surface area contributed by atoms with E-state index in [0.717, 1.165) is 31.7 Å². The molecular weight excluding hydrogens is 260 g/mol. The number of hydrogen-bond acceptors (Lipinski definition) is 2. The van der Waals surface area contributed by atoms with Crippen LogP contribution < -0.4 is 5.32 Å². The first kappa shape index (κ1) is 15.4. The summed E-state index contributed by atoms with van der Waals surface area (Å²) < 4.78 is 26.1. The molecule has 1 aromatic rings. The fraction of sp³-hybridized carbons (Fsp3) is 0.625. The molecule has 1 aliphatic rings. The molecule has 0 aromatic heterocycles. The van der Waals surface area contributed by atoms with Gasteiger partial charge in [0.15, 0.2) is 0 Å². The Balaban J connectivity index is 1.83. The molecule has 1 aliphatic carbocycles. The Hall–Kier alpha value is -1.00. The van der Waals surface area contributed by atoms with Gasteiger partial charge in [-0.2, -0.15) is 0 Å². The van der Waals surface area contributed by atoms with Gasteiger partial charge in [0, 0.05) is 19.2 Å². The lowest BCUT2D eigenvalue weighted by Gasteiger charge is -2.40. The van der Waals surface area contributed by atoms with Crippen molar-refractivity contribution in [3.05, 3.63) is 35.4 Å². The van der Waals surface area contributed by atoms with E-state index in [0.29, 0.717) is 24.1 Å². The Morgan fingerprint density at radius 1 is 1.05 bits per heavy atom. The summed E-state index contributed by atoms with van der Waals surface area (Å²) in [6.45, 7) is 5.26. The summed E-state index contributed by atoms with van der Waals surface area (Å²) in [5.74, 6) is -1.14. The van der Waals surface area contributed by atoms with Crippen molar-refractivity contribution in [2.45, 2.75) is 51.7 Å². The van der Waals surface area contributed by atoms with E-state index in [9.17, 15) is 13.9 Å². The van der Waals surface area contributed by atoms with E-state index in [1.807, 2.05) is 0 Å². The number of rotatable bonds is 4. The molecule has 20 heavy (non-hydrogen) atoms. The number of nitrogens with one attached hydrogen (secondary N) is 1. The van der Waals surface area contributed by atoms with E-state index in [4.69, 9.17) is 0 Å². The fourth-order valence-corrected chi connectivity index (χ4v) is 2.72.